The summed E-state index contributed by atoms with van der Waals surface area (Å²) in [6, 6.07) is 4.77. The van der Waals surface area contributed by atoms with E-state index in [0.29, 0.717) is 12.0 Å². The molecule has 2 N–H and O–H groups in total. The van der Waals surface area contributed by atoms with Gasteiger partial charge in [0.2, 0.25) is 0 Å². The predicted molar refractivity (Wildman–Crippen MR) is 62.4 cm³/mol. The van der Waals surface area contributed by atoms with E-state index in [9.17, 15) is 9.90 Å². The van der Waals surface area contributed by atoms with Crippen molar-refractivity contribution in [1.29, 1.82) is 0 Å². The van der Waals surface area contributed by atoms with E-state index in [1.807, 2.05) is 0 Å². The Kier molecular flexibility index (Phi) is 5.05. The molecule has 0 aliphatic rings. The molecule has 17 heavy (non-hydrogen) atoms. The first-order valence-electron chi connectivity index (χ1n) is 5.16. The van der Waals surface area contributed by atoms with Crippen molar-refractivity contribution in [2.45, 2.75) is 12.8 Å². The summed E-state index contributed by atoms with van der Waals surface area (Å²) in [7, 11) is 1.32. The van der Waals surface area contributed by atoms with E-state index < -0.39 is 0 Å². The Bertz CT molecular complexity index is 454. The van der Waals surface area contributed by atoms with Crippen LogP contribution in [0.2, 0.25) is 0 Å². The number of benzene rings is 1. The highest BCUT2D eigenvalue weighted by Gasteiger charge is 2.05. The Labute approximate surface area is 99.8 Å². The van der Waals surface area contributed by atoms with E-state index >= 15 is 0 Å². The average molecular weight is 234 g/mol. The van der Waals surface area contributed by atoms with Gasteiger partial charge in [0.15, 0.2) is 0 Å². The van der Waals surface area contributed by atoms with Crippen LogP contribution < -0.4 is 0 Å². The summed E-state index contributed by atoms with van der Waals surface area (Å²) < 4.78 is 4.55. The van der Waals surface area contributed by atoms with E-state index in [0.717, 1.165) is 5.56 Å². The smallest absolute Gasteiger partial charge is 0.309 e. The number of esters is 1. The fourth-order valence-electron chi connectivity index (χ4n) is 1.25. The molecule has 0 aliphatic carbocycles. The van der Waals surface area contributed by atoms with Crippen LogP contribution in [-0.2, 0) is 16.0 Å². The van der Waals surface area contributed by atoms with Gasteiger partial charge in [-0.3, -0.25) is 4.79 Å². The number of aliphatic hydroxyl groups excluding tert-OH is 1. The molecule has 90 valence electrons. The van der Waals surface area contributed by atoms with Crippen molar-refractivity contribution in [3.63, 3.8) is 0 Å². The maximum atomic E-state index is 11.1. The van der Waals surface area contributed by atoms with Crippen molar-refractivity contribution in [2.75, 3.05) is 13.7 Å². The van der Waals surface area contributed by atoms with E-state index in [-0.39, 0.29) is 24.7 Å². The van der Waals surface area contributed by atoms with Gasteiger partial charge in [0, 0.05) is 6.42 Å². The third-order valence-electron chi connectivity index (χ3n) is 2.10. The quantitative estimate of drug-likeness (QED) is 0.601. The monoisotopic (exact) mass is 234 g/mol. The molecule has 1 aromatic rings. The number of phenols is 1. The summed E-state index contributed by atoms with van der Waals surface area (Å²) in [6.45, 7) is -0.0182. The molecular formula is C13H14O4. The molecule has 1 aromatic carbocycles. The Balaban J connectivity index is 2.87. The fourth-order valence-corrected chi connectivity index (χ4v) is 1.25. The van der Waals surface area contributed by atoms with Crippen molar-refractivity contribution in [3.05, 3.63) is 29.3 Å². The average Bonchev–Trinajstić information content (AvgIpc) is 2.33. The lowest BCUT2D eigenvalue weighted by Crippen LogP contribution is -2.04. The Morgan fingerprint density at radius 3 is 2.88 bits per heavy atom. The summed E-state index contributed by atoms with van der Waals surface area (Å²) in [5, 5.41) is 18.1. The van der Waals surface area contributed by atoms with Crippen LogP contribution in [-0.4, -0.2) is 29.9 Å². The van der Waals surface area contributed by atoms with Gasteiger partial charge < -0.3 is 14.9 Å². The molecule has 1 rings (SSSR count). The van der Waals surface area contributed by atoms with Crippen LogP contribution >= 0.6 is 0 Å². The summed E-state index contributed by atoms with van der Waals surface area (Å²) in [4.78, 5) is 11.1. The summed E-state index contributed by atoms with van der Waals surface area (Å²) in [6.07, 6.45) is 0.492. The SMILES string of the molecule is COC(=O)Cc1ccc(O)c(C#CCCO)c1. The van der Waals surface area contributed by atoms with E-state index in [1.165, 1.54) is 13.2 Å². The molecule has 0 radical (unpaired) electrons. The lowest BCUT2D eigenvalue weighted by Gasteiger charge is -2.02. The highest BCUT2D eigenvalue weighted by Crippen LogP contribution is 2.17. The number of ether oxygens (including phenoxy) is 1. The Hall–Kier alpha value is -1.99. The van der Waals surface area contributed by atoms with Crippen LogP contribution in [0.5, 0.6) is 5.75 Å². The Morgan fingerprint density at radius 2 is 2.24 bits per heavy atom. The first-order valence-corrected chi connectivity index (χ1v) is 5.16. The highest BCUT2D eigenvalue weighted by molar-refractivity contribution is 5.72. The fraction of sp³-hybridized carbons (Fsp3) is 0.308. The van der Waals surface area contributed by atoms with Gasteiger partial charge in [-0.15, -0.1) is 0 Å². The number of methoxy groups -OCH3 is 1. The minimum Gasteiger partial charge on any atom is -0.507 e. The van der Waals surface area contributed by atoms with Gasteiger partial charge in [-0.2, -0.15) is 0 Å². The minimum atomic E-state index is -0.343. The topological polar surface area (TPSA) is 66.8 Å². The van der Waals surface area contributed by atoms with E-state index in [4.69, 9.17) is 5.11 Å². The zero-order valence-corrected chi connectivity index (χ0v) is 9.56. The number of carbonyl (C=O) groups excluding carboxylic acids is 1. The first-order chi connectivity index (χ1) is 8.17. The second-order valence-electron chi connectivity index (χ2n) is 3.38. The maximum Gasteiger partial charge on any atom is 0.309 e. The van der Waals surface area contributed by atoms with Crippen LogP contribution in [0.4, 0.5) is 0 Å². The second-order valence-corrected chi connectivity index (χ2v) is 3.38. The molecule has 0 aromatic heterocycles. The standard InChI is InChI=1S/C13H14O4/c1-17-13(16)9-10-5-6-12(15)11(8-10)4-2-3-7-14/h5-6,8,14-15H,3,7,9H2,1H3. The van der Waals surface area contributed by atoms with Gasteiger partial charge in [0.05, 0.1) is 25.7 Å². The first kappa shape index (κ1) is 13.1. The molecule has 0 fully saturated rings. The second kappa shape index (κ2) is 6.56. The molecule has 0 unspecified atom stereocenters. The minimum absolute atomic E-state index is 0.0182. The molecule has 4 nitrogen and oxygen atoms in total. The van der Waals surface area contributed by atoms with Crippen LogP contribution in [0.3, 0.4) is 0 Å². The van der Waals surface area contributed by atoms with Gasteiger partial charge in [-0.25, -0.2) is 0 Å². The van der Waals surface area contributed by atoms with E-state index in [1.54, 1.807) is 12.1 Å². The lowest BCUT2D eigenvalue weighted by atomic mass is 10.1. The molecule has 4 heteroatoms. The van der Waals surface area contributed by atoms with Gasteiger partial charge in [-0.1, -0.05) is 17.9 Å². The third-order valence-corrected chi connectivity index (χ3v) is 2.10. The zero-order chi connectivity index (χ0) is 12.7. The largest absolute Gasteiger partial charge is 0.507 e. The molecular weight excluding hydrogens is 220 g/mol. The number of phenolic OH excluding ortho intramolecular Hbond substituents is 1. The molecule has 0 saturated heterocycles. The maximum absolute atomic E-state index is 11.1. The molecule has 0 amide bonds. The molecule has 0 saturated carbocycles. The molecule has 0 aliphatic heterocycles. The van der Waals surface area contributed by atoms with Crippen LogP contribution in [0.15, 0.2) is 18.2 Å². The van der Waals surface area contributed by atoms with Crippen molar-refractivity contribution in [3.8, 4) is 17.6 Å². The summed E-state index contributed by atoms with van der Waals surface area (Å²) >= 11 is 0. The molecule has 0 bridgehead atoms. The Morgan fingerprint density at radius 1 is 1.47 bits per heavy atom. The van der Waals surface area contributed by atoms with Crippen LogP contribution in [0, 0.1) is 11.8 Å². The predicted octanol–water partition coefficient (Wildman–Crippen LogP) is 0.842. The van der Waals surface area contributed by atoms with Crippen molar-refractivity contribution in [2.24, 2.45) is 0 Å². The van der Waals surface area contributed by atoms with Crippen molar-refractivity contribution < 1.29 is 19.7 Å². The number of aliphatic hydroxyl groups is 1. The number of hydrogen-bond donors (Lipinski definition) is 2. The van der Waals surface area contributed by atoms with Crippen LogP contribution in [0.25, 0.3) is 0 Å². The number of carbonyl (C=O) groups is 1. The van der Waals surface area contributed by atoms with E-state index in [2.05, 4.69) is 16.6 Å². The van der Waals surface area contributed by atoms with Gasteiger partial charge in [0.25, 0.3) is 0 Å². The van der Waals surface area contributed by atoms with Crippen molar-refractivity contribution in [1.82, 2.24) is 0 Å². The number of rotatable bonds is 3. The third kappa shape index (κ3) is 4.17. The molecule has 0 spiro atoms. The van der Waals surface area contributed by atoms with Gasteiger partial charge in [0.1, 0.15) is 5.75 Å². The summed E-state index contributed by atoms with van der Waals surface area (Å²) in [5.74, 6) is 5.16. The molecule has 0 atom stereocenters. The normalized spacial score (nSPS) is 9.29. The zero-order valence-electron chi connectivity index (χ0n) is 9.56. The van der Waals surface area contributed by atoms with Gasteiger partial charge in [-0.05, 0) is 17.7 Å². The van der Waals surface area contributed by atoms with Crippen molar-refractivity contribution >= 4 is 5.97 Å². The number of aromatic hydroxyl groups is 1. The molecule has 0 heterocycles. The van der Waals surface area contributed by atoms with Crippen LogP contribution in [0.1, 0.15) is 17.5 Å². The highest BCUT2D eigenvalue weighted by atomic mass is 16.5. The lowest BCUT2D eigenvalue weighted by molar-refractivity contribution is -0.139. The number of hydrogen-bond acceptors (Lipinski definition) is 4. The van der Waals surface area contributed by atoms with Gasteiger partial charge >= 0.3 is 5.97 Å². The summed E-state index contributed by atoms with van der Waals surface area (Å²) in [5.41, 5.74) is 1.17.